The largest absolute Gasteiger partial charge is 0.497 e. The van der Waals surface area contributed by atoms with Gasteiger partial charge in [-0.3, -0.25) is 4.79 Å². The maximum absolute atomic E-state index is 12.3. The van der Waals surface area contributed by atoms with Crippen molar-refractivity contribution >= 4 is 17.3 Å². The molecule has 3 N–H and O–H groups in total. The summed E-state index contributed by atoms with van der Waals surface area (Å²) in [6, 6.07) is 10.7. The lowest BCUT2D eigenvalue weighted by molar-refractivity contribution is 0.102. The Morgan fingerprint density at radius 2 is 1.80 bits per heavy atom. The molecule has 0 spiro atoms. The van der Waals surface area contributed by atoms with E-state index in [1.807, 2.05) is 26.0 Å². The minimum Gasteiger partial charge on any atom is -0.497 e. The number of hydrogen-bond donors (Lipinski definition) is 2. The van der Waals surface area contributed by atoms with Crippen molar-refractivity contribution in [2.45, 2.75) is 13.8 Å². The number of carbonyl (C=O) groups is 1. The quantitative estimate of drug-likeness (QED) is 0.842. The molecule has 20 heavy (non-hydrogen) atoms. The molecule has 0 radical (unpaired) electrons. The van der Waals surface area contributed by atoms with Crippen molar-refractivity contribution < 1.29 is 9.53 Å². The first-order valence-electron chi connectivity index (χ1n) is 6.33. The second-order valence-corrected chi connectivity index (χ2v) is 4.72. The topological polar surface area (TPSA) is 64.3 Å². The van der Waals surface area contributed by atoms with Crippen molar-refractivity contribution in [1.29, 1.82) is 0 Å². The second-order valence-electron chi connectivity index (χ2n) is 4.72. The van der Waals surface area contributed by atoms with Crippen LogP contribution in [0.2, 0.25) is 0 Å². The van der Waals surface area contributed by atoms with E-state index in [0.29, 0.717) is 17.0 Å². The maximum atomic E-state index is 12.3. The SMILES string of the molecule is COc1cccc(C(=O)Nc2c(C)cc(N)cc2C)c1. The number of nitrogen functional groups attached to an aromatic ring is 1. The van der Waals surface area contributed by atoms with Crippen LogP contribution in [0.25, 0.3) is 0 Å². The van der Waals surface area contributed by atoms with Crippen LogP contribution in [0.15, 0.2) is 36.4 Å². The number of nitrogens with one attached hydrogen (secondary N) is 1. The van der Waals surface area contributed by atoms with Crippen LogP contribution >= 0.6 is 0 Å². The van der Waals surface area contributed by atoms with Crippen LogP contribution in [-0.4, -0.2) is 13.0 Å². The Morgan fingerprint density at radius 1 is 1.15 bits per heavy atom. The molecule has 0 saturated heterocycles. The average molecular weight is 270 g/mol. The lowest BCUT2D eigenvalue weighted by atomic mass is 10.1. The van der Waals surface area contributed by atoms with E-state index in [-0.39, 0.29) is 5.91 Å². The Balaban J connectivity index is 2.28. The van der Waals surface area contributed by atoms with E-state index in [4.69, 9.17) is 10.5 Å². The number of amides is 1. The molecule has 1 amide bonds. The van der Waals surface area contributed by atoms with Gasteiger partial charge < -0.3 is 15.8 Å². The predicted octanol–water partition coefficient (Wildman–Crippen LogP) is 3.15. The highest BCUT2D eigenvalue weighted by molar-refractivity contribution is 6.05. The molecule has 0 aliphatic carbocycles. The highest BCUT2D eigenvalue weighted by Gasteiger charge is 2.11. The molecule has 0 aliphatic heterocycles. The lowest BCUT2D eigenvalue weighted by Crippen LogP contribution is -2.14. The highest BCUT2D eigenvalue weighted by atomic mass is 16.5. The number of ether oxygens (including phenoxy) is 1. The van der Waals surface area contributed by atoms with Gasteiger partial charge in [0.1, 0.15) is 5.75 Å². The molecule has 2 aromatic rings. The number of hydrogen-bond acceptors (Lipinski definition) is 3. The smallest absolute Gasteiger partial charge is 0.255 e. The van der Waals surface area contributed by atoms with Gasteiger partial charge in [0.15, 0.2) is 0 Å². The summed E-state index contributed by atoms with van der Waals surface area (Å²) in [4.78, 5) is 12.3. The molecule has 2 rings (SSSR count). The molecule has 0 unspecified atom stereocenters. The van der Waals surface area contributed by atoms with Gasteiger partial charge >= 0.3 is 0 Å². The van der Waals surface area contributed by atoms with E-state index in [1.165, 1.54) is 0 Å². The molecule has 0 saturated carbocycles. The van der Waals surface area contributed by atoms with E-state index < -0.39 is 0 Å². The van der Waals surface area contributed by atoms with Crippen LogP contribution in [0.4, 0.5) is 11.4 Å². The summed E-state index contributed by atoms with van der Waals surface area (Å²) in [5, 5.41) is 2.92. The van der Waals surface area contributed by atoms with Crippen LogP contribution in [0.3, 0.4) is 0 Å². The number of aryl methyl sites for hydroxylation is 2. The Hall–Kier alpha value is -2.49. The van der Waals surface area contributed by atoms with Crippen molar-refractivity contribution in [3.8, 4) is 5.75 Å². The minimum absolute atomic E-state index is 0.167. The third-order valence-corrected chi connectivity index (χ3v) is 3.13. The minimum atomic E-state index is -0.167. The van der Waals surface area contributed by atoms with E-state index >= 15 is 0 Å². The van der Waals surface area contributed by atoms with Crippen LogP contribution < -0.4 is 15.8 Å². The standard InChI is InChI=1S/C16H18N2O2/c1-10-7-13(17)8-11(2)15(10)18-16(19)12-5-4-6-14(9-12)20-3/h4-9H,17H2,1-3H3,(H,18,19). The number of carbonyl (C=O) groups excluding carboxylic acids is 1. The van der Waals surface area contributed by atoms with Crippen LogP contribution in [0, 0.1) is 13.8 Å². The van der Waals surface area contributed by atoms with E-state index in [9.17, 15) is 4.79 Å². The fourth-order valence-electron chi connectivity index (χ4n) is 2.14. The normalized spacial score (nSPS) is 10.2. The van der Waals surface area contributed by atoms with Crippen molar-refractivity contribution in [2.24, 2.45) is 0 Å². The van der Waals surface area contributed by atoms with Crippen molar-refractivity contribution in [3.63, 3.8) is 0 Å². The summed E-state index contributed by atoms with van der Waals surface area (Å²) in [7, 11) is 1.57. The molecular formula is C16H18N2O2. The van der Waals surface area contributed by atoms with Gasteiger partial charge in [0.25, 0.3) is 5.91 Å². The summed E-state index contributed by atoms with van der Waals surface area (Å²) in [5.74, 6) is 0.489. The third kappa shape index (κ3) is 2.91. The number of benzene rings is 2. The maximum Gasteiger partial charge on any atom is 0.255 e. The predicted molar refractivity (Wildman–Crippen MR) is 81.3 cm³/mol. The Labute approximate surface area is 118 Å². The molecule has 0 atom stereocenters. The zero-order chi connectivity index (χ0) is 14.7. The second kappa shape index (κ2) is 5.65. The molecule has 0 fully saturated rings. The van der Waals surface area contributed by atoms with Gasteiger partial charge in [-0.05, 0) is 55.3 Å². The summed E-state index contributed by atoms with van der Waals surface area (Å²) in [5.41, 5.74) is 9.71. The fourth-order valence-corrected chi connectivity index (χ4v) is 2.14. The Bertz CT molecular complexity index is 628. The molecule has 0 aliphatic rings. The van der Waals surface area contributed by atoms with Gasteiger partial charge in [0.05, 0.1) is 7.11 Å². The van der Waals surface area contributed by atoms with Gasteiger partial charge in [0, 0.05) is 16.9 Å². The van der Waals surface area contributed by atoms with Crippen LogP contribution in [0.5, 0.6) is 5.75 Å². The van der Waals surface area contributed by atoms with Crippen LogP contribution in [0.1, 0.15) is 21.5 Å². The van der Waals surface area contributed by atoms with E-state index in [0.717, 1.165) is 16.8 Å². The monoisotopic (exact) mass is 270 g/mol. The Morgan fingerprint density at radius 3 is 2.40 bits per heavy atom. The fraction of sp³-hybridized carbons (Fsp3) is 0.188. The van der Waals surface area contributed by atoms with Crippen molar-refractivity contribution in [2.75, 3.05) is 18.2 Å². The molecule has 4 heteroatoms. The third-order valence-electron chi connectivity index (χ3n) is 3.13. The zero-order valence-electron chi connectivity index (χ0n) is 11.9. The molecule has 0 heterocycles. The molecule has 0 bridgehead atoms. The molecule has 0 aromatic heterocycles. The van der Waals surface area contributed by atoms with Gasteiger partial charge in [0.2, 0.25) is 0 Å². The first-order valence-corrected chi connectivity index (χ1v) is 6.33. The van der Waals surface area contributed by atoms with Crippen LogP contribution in [-0.2, 0) is 0 Å². The molecule has 2 aromatic carbocycles. The van der Waals surface area contributed by atoms with Gasteiger partial charge in [-0.25, -0.2) is 0 Å². The Kier molecular flexibility index (Phi) is 3.94. The van der Waals surface area contributed by atoms with E-state index in [1.54, 1.807) is 31.4 Å². The highest BCUT2D eigenvalue weighted by Crippen LogP contribution is 2.24. The van der Waals surface area contributed by atoms with Gasteiger partial charge in [-0.15, -0.1) is 0 Å². The molecule has 104 valence electrons. The summed E-state index contributed by atoms with van der Waals surface area (Å²) in [6.07, 6.45) is 0. The summed E-state index contributed by atoms with van der Waals surface area (Å²) in [6.45, 7) is 3.84. The van der Waals surface area contributed by atoms with Crippen molar-refractivity contribution in [1.82, 2.24) is 0 Å². The van der Waals surface area contributed by atoms with Gasteiger partial charge in [-0.2, -0.15) is 0 Å². The summed E-state index contributed by atoms with van der Waals surface area (Å²) < 4.78 is 5.12. The number of rotatable bonds is 3. The first kappa shape index (κ1) is 13.9. The molecular weight excluding hydrogens is 252 g/mol. The summed E-state index contributed by atoms with van der Waals surface area (Å²) >= 11 is 0. The number of anilines is 2. The van der Waals surface area contributed by atoms with Gasteiger partial charge in [-0.1, -0.05) is 6.07 Å². The van der Waals surface area contributed by atoms with Crippen molar-refractivity contribution in [3.05, 3.63) is 53.1 Å². The average Bonchev–Trinajstić information content (AvgIpc) is 2.42. The number of methoxy groups -OCH3 is 1. The lowest BCUT2D eigenvalue weighted by Gasteiger charge is -2.13. The van der Waals surface area contributed by atoms with E-state index in [2.05, 4.69) is 5.32 Å². The zero-order valence-corrected chi connectivity index (χ0v) is 11.9. The number of nitrogens with two attached hydrogens (primary N) is 1. The first-order chi connectivity index (χ1) is 9.51. The molecule has 4 nitrogen and oxygen atoms in total.